The lowest BCUT2D eigenvalue weighted by Gasteiger charge is -2.19. The minimum Gasteiger partial charge on any atom is -0.342 e. The molecule has 2 N–H and O–H groups in total. The van der Waals surface area contributed by atoms with E-state index in [1.54, 1.807) is 29.3 Å². The Bertz CT molecular complexity index is 761. The predicted molar refractivity (Wildman–Crippen MR) is 96.6 cm³/mol. The van der Waals surface area contributed by atoms with Crippen molar-refractivity contribution in [3.8, 4) is 0 Å². The van der Waals surface area contributed by atoms with Gasteiger partial charge in [0.15, 0.2) is 0 Å². The molecule has 130 valence electrons. The summed E-state index contributed by atoms with van der Waals surface area (Å²) >= 11 is 1.31. The lowest BCUT2D eigenvalue weighted by molar-refractivity contribution is -0.127. The van der Waals surface area contributed by atoms with Crippen molar-refractivity contribution in [1.82, 2.24) is 10.6 Å². The van der Waals surface area contributed by atoms with Gasteiger partial charge in [-0.15, -0.1) is 11.3 Å². The van der Waals surface area contributed by atoms with E-state index in [2.05, 4.69) is 10.6 Å². The lowest BCUT2D eigenvalue weighted by atomic mass is 10.2. The number of hydrogen-bond acceptors (Lipinski definition) is 4. The van der Waals surface area contributed by atoms with Crippen LogP contribution in [0.25, 0.3) is 0 Å². The second kappa shape index (κ2) is 7.48. The highest BCUT2D eigenvalue weighted by Crippen LogP contribution is 2.21. The van der Waals surface area contributed by atoms with E-state index in [9.17, 15) is 14.4 Å². The summed E-state index contributed by atoms with van der Waals surface area (Å²) in [7, 11) is 0. The van der Waals surface area contributed by atoms with Gasteiger partial charge in [0.2, 0.25) is 11.8 Å². The molecule has 3 rings (SSSR count). The zero-order valence-electron chi connectivity index (χ0n) is 13.8. The molecule has 1 aromatic carbocycles. The standard InChI is InChI=1S/C18H19N3O3S/c1-12(19-17(23)15-8-5-11-25-15)16(22)20-14-9-10-21(18(14)24)13-6-3-2-4-7-13/h2-8,11-12,14H,9-10H2,1H3,(H,19,23)(H,20,22). The molecule has 2 atom stereocenters. The van der Waals surface area contributed by atoms with Crippen LogP contribution in [0, 0.1) is 0 Å². The molecular weight excluding hydrogens is 338 g/mol. The van der Waals surface area contributed by atoms with Crippen molar-refractivity contribution in [2.75, 3.05) is 11.4 Å². The monoisotopic (exact) mass is 357 g/mol. The minimum atomic E-state index is -0.715. The van der Waals surface area contributed by atoms with Gasteiger partial charge in [0.05, 0.1) is 4.88 Å². The Morgan fingerprint density at radius 3 is 2.64 bits per heavy atom. The molecule has 1 fully saturated rings. The van der Waals surface area contributed by atoms with Crippen molar-refractivity contribution < 1.29 is 14.4 Å². The minimum absolute atomic E-state index is 0.128. The fourth-order valence-corrected chi connectivity index (χ4v) is 3.34. The Morgan fingerprint density at radius 1 is 1.20 bits per heavy atom. The van der Waals surface area contributed by atoms with E-state index in [-0.39, 0.29) is 17.7 Å². The Kier molecular flexibility index (Phi) is 5.14. The topological polar surface area (TPSA) is 78.5 Å². The van der Waals surface area contributed by atoms with Gasteiger partial charge in [-0.05, 0) is 36.9 Å². The largest absolute Gasteiger partial charge is 0.342 e. The molecule has 3 amide bonds. The quantitative estimate of drug-likeness (QED) is 0.856. The van der Waals surface area contributed by atoms with E-state index in [0.717, 1.165) is 5.69 Å². The molecule has 0 radical (unpaired) electrons. The van der Waals surface area contributed by atoms with Crippen LogP contribution in [-0.4, -0.2) is 36.3 Å². The number of amides is 3. The molecule has 1 aliphatic heterocycles. The van der Waals surface area contributed by atoms with Gasteiger partial charge in [0.25, 0.3) is 5.91 Å². The van der Waals surface area contributed by atoms with Gasteiger partial charge < -0.3 is 15.5 Å². The van der Waals surface area contributed by atoms with Crippen LogP contribution in [0.1, 0.15) is 23.0 Å². The van der Waals surface area contributed by atoms with Crippen LogP contribution in [-0.2, 0) is 9.59 Å². The third-order valence-electron chi connectivity index (χ3n) is 4.08. The molecule has 0 bridgehead atoms. The van der Waals surface area contributed by atoms with Gasteiger partial charge >= 0.3 is 0 Å². The molecule has 1 aromatic heterocycles. The van der Waals surface area contributed by atoms with Crippen molar-refractivity contribution in [2.24, 2.45) is 0 Å². The number of hydrogen-bond donors (Lipinski definition) is 2. The number of benzene rings is 1. The molecule has 25 heavy (non-hydrogen) atoms. The number of anilines is 1. The fourth-order valence-electron chi connectivity index (χ4n) is 2.72. The zero-order chi connectivity index (χ0) is 17.8. The third-order valence-corrected chi connectivity index (χ3v) is 4.94. The summed E-state index contributed by atoms with van der Waals surface area (Å²) in [6.07, 6.45) is 0.547. The average molecular weight is 357 g/mol. The van der Waals surface area contributed by atoms with Gasteiger partial charge in [-0.25, -0.2) is 0 Å². The Morgan fingerprint density at radius 2 is 1.96 bits per heavy atom. The molecule has 1 saturated heterocycles. The molecule has 0 spiro atoms. The first kappa shape index (κ1) is 17.2. The van der Waals surface area contributed by atoms with Crippen molar-refractivity contribution in [1.29, 1.82) is 0 Å². The first-order chi connectivity index (χ1) is 12.1. The number of carbonyl (C=O) groups excluding carboxylic acids is 3. The molecule has 6 nitrogen and oxygen atoms in total. The number of nitrogens with zero attached hydrogens (tertiary/aromatic N) is 1. The van der Waals surface area contributed by atoms with Crippen LogP contribution in [0.4, 0.5) is 5.69 Å². The van der Waals surface area contributed by atoms with Crippen LogP contribution in [0.5, 0.6) is 0 Å². The van der Waals surface area contributed by atoms with Crippen LogP contribution >= 0.6 is 11.3 Å². The van der Waals surface area contributed by atoms with E-state index >= 15 is 0 Å². The SMILES string of the molecule is CC(NC(=O)c1cccs1)C(=O)NC1CCN(c2ccccc2)C1=O. The molecular formula is C18H19N3O3S. The molecule has 2 unspecified atom stereocenters. The van der Waals surface area contributed by atoms with Crippen molar-refractivity contribution in [3.05, 3.63) is 52.7 Å². The summed E-state index contributed by atoms with van der Waals surface area (Å²) in [5.41, 5.74) is 0.822. The second-order valence-corrected chi connectivity index (χ2v) is 6.80. The van der Waals surface area contributed by atoms with E-state index in [0.29, 0.717) is 17.8 Å². The van der Waals surface area contributed by atoms with Gasteiger partial charge in [-0.2, -0.15) is 0 Å². The van der Waals surface area contributed by atoms with E-state index in [1.165, 1.54) is 11.3 Å². The van der Waals surface area contributed by atoms with E-state index in [4.69, 9.17) is 0 Å². The summed E-state index contributed by atoms with van der Waals surface area (Å²) in [5, 5.41) is 7.19. The van der Waals surface area contributed by atoms with Crippen LogP contribution in [0.15, 0.2) is 47.8 Å². The maximum atomic E-state index is 12.5. The first-order valence-electron chi connectivity index (χ1n) is 8.07. The molecule has 1 aliphatic rings. The number of thiophene rings is 1. The van der Waals surface area contributed by atoms with Gasteiger partial charge in [0, 0.05) is 12.2 Å². The Balaban J connectivity index is 1.56. The molecule has 0 aliphatic carbocycles. The van der Waals surface area contributed by atoms with Gasteiger partial charge in [-0.1, -0.05) is 24.3 Å². The molecule has 7 heteroatoms. The lowest BCUT2D eigenvalue weighted by Crippen LogP contribution is -2.50. The summed E-state index contributed by atoms with van der Waals surface area (Å²) in [5.74, 6) is -0.782. The van der Waals surface area contributed by atoms with Gasteiger partial charge in [-0.3, -0.25) is 14.4 Å². The summed E-state index contributed by atoms with van der Waals surface area (Å²) < 4.78 is 0. The summed E-state index contributed by atoms with van der Waals surface area (Å²) in [4.78, 5) is 39.0. The zero-order valence-corrected chi connectivity index (χ0v) is 14.6. The smallest absolute Gasteiger partial charge is 0.261 e. The first-order valence-corrected chi connectivity index (χ1v) is 8.95. The highest BCUT2D eigenvalue weighted by molar-refractivity contribution is 7.12. The molecule has 0 saturated carbocycles. The second-order valence-electron chi connectivity index (χ2n) is 5.85. The summed E-state index contributed by atoms with van der Waals surface area (Å²) in [6, 6.07) is 11.6. The number of para-hydroxylation sites is 1. The number of carbonyl (C=O) groups is 3. The van der Waals surface area contributed by atoms with E-state index in [1.807, 2.05) is 30.3 Å². The number of nitrogens with one attached hydrogen (secondary N) is 2. The van der Waals surface area contributed by atoms with Crippen LogP contribution in [0.3, 0.4) is 0 Å². The van der Waals surface area contributed by atoms with Crippen molar-refractivity contribution in [2.45, 2.75) is 25.4 Å². The predicted octanol–water partition coefficient (Wildman–Crippen LogP) is 1.79. The van der Waals surface area contributed by atoms with Crippen LogP contribution < -0.4 is 15.5 Å². The molecule has 2 aromatic rings. The Hall–Kier alpha value is -2.67. The van der Waals surface area contributed by atoms with Crippen molar-refractivity contribution >= 4 is 34.7 Å². The number of rotatable bonds is 5. The average Bonchev–Trinajstić information content (AvgIpc) is 3.26. The highest BCUT2D eigenvalue weighted by atomic mass is 32.1. The van der Waals surface area contributed by atoms with Crippen molar-refractivity contribution in [3.63, 3.8) is 0 Å². The van der Waals surface area contributed by atoms with Gasteiger partial charge in [0.1, 0.15) is 12.1 Å². The fraction of sp³-hybridized carbons (Fsp3) is 0.278. The molecule has 2 heterocycles. The highest BCUT2D eigenvalue weighted by Gasteiger charge is 2.34. The Labute approximate surface area is 149 Å². The van der Waals surface area contributed by atoms with Crippen LogP contribution in [0.2, 0.25) is 0 Å². The summed E-state index contributed by atoms with van der Waals surface area (Å²) in [6.45, 7) is 2.17. The normalized spacial score (nSPS) is 18.0. The maximum Gasteiger partial charge on any atom is 0.261 e. The maximum absolute atomic E-state index is 12.5. The van der Waals surface area contributed by atoms with E-state index < -0.39 is 12.1 Å². The third kappa shape index (κ3) is 3.88.